The van der Waals surface area contributed by atoms with Crippen LogP contribution in [0.15, 0.2) is 58.5 Å². The molecule has 0 aliphatic carbocycles. The van der Waals surface area contributed by atoms with Crippen molar-refractivity contribution >= 4 is 34.3 Å². The van der Waals surface area contributed by atoms with E-state index in [1.807, 2.05) is 42.5 Å². The van der Waals surface area contributed by atoms with Gasteiger partial charge in [0.15, 0.2) is 5.16 Å². The molecule has 0 radical (unpaired) electrons. The number of rotatable bonds is 8. The highest BCUT2D eigenvalue weighted by atomic mass is 32.2. The van der Waals surface area contributed by atoms with Crippen molar-refractivity contribution in [3.05, 3.63) is 64.4 Å². The first-order chi connectivity index (χ1) is 13.6. The van der Waals surface area contributed by atoms with Crippen LogP contribution in [0, 0.1) is 0 Å². The zero-order chi connectivity index (χ0) is 19.9. The van der Waals surface area contributed by atoms with Gasteiger partial charge in [-0.2, -0.15) is 0 Å². The van der Waals surface area contributed by atoms with Crippen LogP contribution in [0.3, 0.4) is 0 Å². The zero-order valence-electron chi connectivity index (χ0n) is 16.3. The molecule has 6 heteroatoms. The number of carbonyl (C=O) groups is 1. The molecule has 146 valence electrons. The van der Waals surface area contributed by atoms with Gasteiger partial charge < -0.3 is 5.32 Å². The van der Waals surface area contributed by atoms with Crippen molar-refractivity contribution in [3.63, 3.8) is 0 Å². The highest BCUT2D eigenvalue weighted by Gasteiger charge is 2.13. The molecule has 1 N–H and O–H groups in total. The predicted octanol–water partition coefficient (Wildman–Crippen LogP) is 4.49. The monoisotopic (exact) mass is 395 g/mol. The third-order valence-electron chi connectivity index (χ3n) is 4.51. The second-order valence-corrected chi connectivity index (χ2v) is 7.56. The van der Waals surface area contributed by atoms with Crippen LogP contribution < -0.4 is 10.9 Å². The number of fused-ring (bicyclic) bond motifs is 1. The van der Waals surface area contributed by atoms with Crippen molar-refractivity contribution in [1.29, 1.82) is 0 Å². The number of amides is 1. The van der Waals surface area contributed by atoms with Gasteiger partial charge in [0, 0.05) is 12.2 Å². The van der Waals surface area contributed by atoms with E-state index >= 15 is 0 Å². The van der Waals surface area contributed by atoms with Gasteiger partial charge in [0.1, 0.15) is 0 Å². The normalized spacial score (nSPS) is 10.9. The summed E-state index contributed by atoms with van der Waals surface area (Å²) in [6, 6.07) is 15.2. The number of hydrogen-bond donors (Lipinski definition) is 1. The molecule has 0 saturated heterocycles. The Morgan fingerprint density at radius 1 is 1.14 bits per heavy atom. The van der Waals surface area contributed by atoms with Crippen molar-refractivity contribution < 1.29 is 4.79 Å². The maximum absolute atomic E-state index is 12.9. The molecule has 2 aromatic carbocycles. The summed E-state index contributed by atoms with van der Waals surface area (Å²) in [6.07, 6.45) is 2.80. The lowest BCUT2D eigenvalue weighted by Gasteiger charge is -2.13. The molecule has 5 nitrogen and oxygen atoms in total. The van der Waals surface area contributed by atoms with Crippen LogP contribution in [0.5, 0.6) is 0 Å². The number of thioether (sulfide) groups is 1. The Kier molecular flexibility index (Phi) is 6.87. The fourth-order valence-corrected chi connectivity index (χ4v) is 3.79. The fourth-order valence-electron chi connectivity index (χ4n) is 2.97. The van der Waals surface area contributed by atoms with E-state index in [0.717, 1.165) is 24.9 Å². The van der Waals surface area contributed by atoms with Crippen LogP contribution in [-0.2, 0) is 17.8 Å². The summed E-state index contributed by atoms with van der Waals surface area (Å²) >= 11 is 1.30. The zero-order valence-corrected chi connectivity index (χ0v) is 17.1. The molecule has 0 unspecified atom stereocenters. The Balaban J connectivity index is 1.78. The van der Waals surface area contributed by atoms with Gasteiger partial charge in [0.05, 0.1) is 16.7 Å². The van der Waals surface area contributed by atoms with Crippen LogP contribution in [0.1, 0.15) is 32.3 Å². The molecule has 0 bridgehead atoms. The lowest BCUT2D eigenvalue weighted by atomic mass is 10.1. The first-order valence-corrected chi connectivity index (χ1v) is 10.6. The van der Waals surface area contributed by atoms with Gasteiger partial charge in [0.2, 0.25) is 5.91 Å². The number of carbonyl (C=O) groups excluding carboxylic acids is 1. The summed E-state index contributed by atoms with van der Waals surface area (Å²) in [5.41, 5.74) is 2.59. The molecular formula is C22H25N3O2S. The number of para-hydroxylation sites is 1. The summed E-state index contributed by atoms with van der Waals surface area (Å²) in [4.78, 5) is 29.9. The van der Waals surface area contributed by atoms with Crippen LogP contribution in [0.4, 0.5) is 5.69 Å². The molecule has 3 aromatic rings. The van der Waals surface area contributed by atoms with Gasteiger partial charge in [-0.1, -0.05) is 56.3 Å². The Labute approximate surface area is 169 Å². The summed E-state index contributed by atoms with van der Waals surface area (Å²) in [7, 11) is 0. The molecular weight excluding hydrogens is 370 g/mol. The molecule has 0 aliphatic rings. The maximum Gasteiger partial charge on any atom is 0.262 e. The van der Waals surface area contributed by atoms with Crippen molar-refractivity contribution in [1.82, 2.24) is 9.55 Å². The van der Waals surface area contributed by atoms with Crippen molar-refractivity contribution in [2.45, 2.75) is 44.8 Å². The molecule has 0 atom stereocenters. The Morgan fingerprint density at radius 3 is 2.75 bits per heavy atom. The lowest BCUT2D eigenvalue weighted by Crippen LogP contribution is -2.24. The quantitative estimate of drug-likeness (QED) is 0.451. The van der Waals surface area contributed by atoms with Gasteiger partial charge in [0.25, 0.3) is 5.56 Å². The number of nitrogens with zero attached hydrogens (tertiary/aromatic N) is 2. The molecule has 1 heterocycles. The lowest BCUT2D eigenvalue weighted by molar-refractivity contribution is -0.113. The topological polar surface area (TPSA) is 64.0 Å². The first kappa shape index (κ1) is 20.1. The largest absolute Gasteiger partial charge is 0.325 e. The molecule has 28 heavy (non-hydrogen) atoms. The smallest absolute Gasteiger partial charge is 0.262 e. The van der Waals surface area contributed by atoms with Crippen molar-refractivity contribution in [2.75, 3.05) is 11.1 Å². The SMILES string of the molecule is CCCCn1c(SCC(=O)Nc2cccc(CC)c2)nc2ccccc2c1=O. The number of nitrogens with one attached hydrogen (secondary N) is 1. The van der Waals surface area contributed by atoms with E-state index in [9.17, 15) is 9.59 Å². The van der Waals surface area contributed by atoms with Crippen molar-refractivity contribution in [3.8, 4) is 0 Å². The highest BCUT2D eigenvalue weighted by Crippen LogP contribution is 2.19. The van der Waals surface area contributed by atoms with Gasteiger partial charge in [-0.25, -0.2) is 4.98 Å². The fraction of sp³-hybridized carbons (Fsp3) is 0.318. The van der Waals surface area contributed by atoms with E-state index in [1.165, 1.54) is 17.3 Å². The molecule has 1 amide bonds. The summed E-state index contributed by atoms with van der Waals surface area (Å²) in [5, 5.41) is 4.13. The number of hydrogen-bond acceptors (Lipinski definition) is 4. The second-order valence-electron chi connectivity index (χ2n) is 6.61. The Morgan fingerprint density at radius 2 is 1.96 bits per heavy atom. The average molecular weight is 396 g/mol. The van der Waals surface area contributed by atoms with Crippen molar-refractivity contribution in [2.24, 2.45) is 0 Å². The van der Waals surface area contributed by atoms with E-state index in [1.54, 1.807) is 10.6 Å². The Hall–Kier alpha value is -2.60. The molecule has 0 fully saturated rings. The minimum absolute atomic E-state index is 0.0439. The van der Waals surface area contributed by atoms with Crippen LogP contribution in [0.25, 0.3) is 10.9 Å². The number of aryl methyl sites for hydroxylation is 1. The maximum atomic E-state index is 12.9. The van der Waals surface area contributed by atoms with E-state index in [-0.39, 0.29) is 17.2 Å². The summed E-state index contributed by atoms with van der Waals surface area (Å²) in [5.74, 6) is 0.0930. The third-order valence-corrected chi connectivity index (χ3v) is 5.49. The van der Waals surface area contributed by atoms with E-state index in [2.05, 4.69) is 24.1 Å². The van der Waals surface area contributed by atoms with Gasteiger partial charge in [-0.05, 0) is 42.7 Å². The number of unbranched alkanes of at least 4 members (excludes halogenated alkanes) is 1. The number of aromatic nitrogens is 2. The summed E-state index contributed by atoms with van der Waals surface area (Å²) < 4.78 is 1.70. The minimum atomic E-state index is -0.109. The highest BCUT2D eigenvalue weighted by molar-refractivity contribution is 7.99. The second kappa shape index (κ2) is 9.55. The molecule has 0 spiro atoms. The number of anilines is 1. The van der Waals surface area contributed by atoms with E-state index in [4.69, 9.17) is 0 Å². The van der Waals surface area contributed by atoms with E-state index in [0.29, 0.717) is 22.6 Å². The Bertz CT molecular complexity index is 1030. The van der Waals surface area contributed by atoms with Crippen LogP contribution >= 0.6 is 11.8 Å². The van der Waals surface area contributed by atoms with Gasteiger partial charge in [-0.3, -0.25) is 14.2 Å². The number of benzene rings is 2. The average Bonchev–Trinajstić information content (AvgIpc) is 2.72. The predicted molar refractivity (Wildman–Crippen MR) is 116 cm³/mol. The molecule has 1 aromatic heterocycles. The minimum Gasteiger partial charge on any atom is -0.325 e. The van der Waals surface area contributed by atoms with Gasteiger partial charge >= 0.3 is 0 Å². The van der Waals surface area contributed by atoms with Crippen LogP contribution in [-0.4, -0.2) is 21.2 Å². The first-order valence-electron chi connectivity index (χ1n) is 9.63. The molecule has 0 aliphatic heterocycles. The standard InChI is InChI=1S/C22H25N3O2S/c1-3-5-13-25-21(27)18-11-6-7-12-19(18)24-22(25)28-15-20(26)23-17-10-8-9-16(4-2)14-17/h6-12,14H,3-5,13,15H2,1-2H3,(H,23,26). The van der Waals surface area contributed by atoms with Gasteiger partial charge in [-0.15, -0.1) is 0 Å². The van der Waals surface area contributed by atoms with E-state index < -0.39 is 0 Å². The van der Waals surface area contributed by atoms with Crippen LogP contribution in [0.2, 0.25) is 0 Å². The molecule has 0 saturated carbocycles. The molecule has 3 rings (SSSR count). The third kappa shape index (κ3) is 4.81. The summed E-state index contributed by atoms with van der Waals surface area (Å²) in [6.45, 7) is 4.78.